The summed E-state index contributed by atoms with van der Waals surface area (Å²) in [4.78, 5) is 4.81. The maximum Gasteiger partial charge on any atom is 0.109 e. The number of rotatable bonds is 4. The number of aryl methyl sites for hydroxylation is 1. The predicted molar refractivity (Wildman–Crippen MR) is 79.2 cm³/mol. The third-order valence-corrected chi connectivity index (χ3v) is 4.42. The van der Waals surface area contributed by atoms with Crippen molar-refractivity contribution in [1.29, 1.82) is 0 Å². The summed E-state index contributed by atoms with van der Waals surface area (Å²) >= 11 is 0. The Kier molecular flexibility index (Phi) is 2.90. The largest absolute Gasteiger partial charge is 0.331 e. The van der Waals surface area contributed by atoms with Gasteiger partial charge in [-0.3, -0.25) is 0 Å². The summed E-state index contributed by atoms with van der Waals surface area (Å²) in [5, 5.41) is 0. The Morgan fingerprint density at radius 1 is 1.37 bits per heavy atom. The van der Waals surface area contributed by atoms with Crippen LogP contribution in [0.4, 0.5) is 0 Å². The quantitative estimate of drug-likeness (QED) is 0.915. The zero-order valence-electron chi connectivity index (χ0n) is 12.1. The summed E-state index contributed by atoms with van der Waals surface area (Å²) in [6, 6.07) is 6.69. The molecule has 3 rings (SSSR count). The molecule has 2 N–H and O–H groups in total. The third-order valence-electron chi connectivity index (χ3n) is 4.42. The molecule has 0 saturated heterocycles. The fourth-order valence-electron chi connectivity index (χ4n) is 2.89. The first-order valence-corrected chi connectivity index (χ1v) is 7.22. The number of fused-ring (bicyclic) bond motifs is 1. The summed E-state index contributed by atoms with van der Waals surface area (Å²) in [7, 11) is 2.11. The van der Waals surface area contributed by atoms with E-state index in [9.17, 15) is 0 Å². The van der Waals surface area contributed by atoms with Crippen LogP contribution in [0.3, 0.4) is 0 Å². The molecule has 0 bridgehead atoms. The van der Waals surface area contributed by atoms with Crippen molar-refractivity contribution in [2.75, 3.05) is 6.54 Å². The van der Waals surface area contributed by atoms with E-state index in [0.29, 0.717) is 5.92 Å². The van der Waals surface area contributed by atoms with Gasteiger partial charge in [-0.2, -0.15) is 0 Å². The third kappa shape index (κ3) is 2.06. The molecule has 1 aromatic heterocycles. The van der Waals surface area contributed by atoms with Crippen molar-refractivity contribution >= 4 is 11.0 Å². The van der Waals surface area contributed by atoms with E-state index in [1.54, 1.807) is 0 Å². The molecule has 1 aliphatic rings. The molecule has 2 aromatic rings. The molecule has 1 aliphatic carbocycles. The Balaban J connectivity index is 2.04. The van der Waals surface area contributed by atoms with Crippen LogP contribution in [-0.2, 0) is 18.9 Å². The van der Waals surface area contributed by atoms with E-state index in [4.69, 9.17) is 10.7 Å². The van der Waals surface area contributed by atoms with Crippen LogP contribution >= 0.6 is 0 Å². The van der Waals surface area contributed by atoms with E-state index < -0.39 is 0 Å². The lowest BCUT2D eigenvalue weighted by Gasteiger charge is -2.12. The van der Waals surface area contributed by atoms with Crippen LogP contribution in [0.2, 0.25) is 0 Å². The van der Waals surface area contributed by atoms with Gasteiger partial charge in [0.1, 0.15) is 5.82 Å². The Labute approximate surface area is 114 Å². The lowest BCUT2D eigenvalue weighted by atomic mass is 9.96. The van der Waals surface area contributed by atoms with Gasteiger partial charge in [-0.15, -0.1) is 0 Å². The molecule has 3 heteroatoms. The van der Waals surface area contributed by atoms with Gasteiger partial charge in [0.15, 0.2) is 0 Å². The first kappa shape index (κ1) is 12.7. The zero-order valence-corrected chi connectivity index (χ0v) is 12.1. The molecule has 102 valence electrons. The van der Waals surface area contributed by atoms with Crippen molar-refractivity contribution in [3.05, 3.63) is 29.6 Å². The first-order chi connectivity index (χ1) is 9.05. The molecule has 0 radical (unpaired) electrons. The molecule has 0 aliphatic heterocycles. The second-order valence-corrected chi connectivity index (χ2v) is 6.37. The minimum atomic E-state index is 0.254. The molecule has 0 atom stereocenters. The fourth-order valence-corrected chi connectivity index (χ4v) is 2.89. The second kappa shape index (κ2) is 4.34. The number of aromatic nitrogens is 2. The molecule has 0 unspecified atom stereocenters. The maximum absolute atomic E-state index is 5.92. The number of imidazole rings is 1. The monoisotopic (exact) mass is 257 g/mol. The molecule has 1 fully saturated rings. The predicted octanol–water partition coefficient (Wildman–Crippen LogP) is 2.76. The molecule has 0 amide bonds. The van der Waals surface area contributed by atoms with Crippen LogP contribution in [0.15, 0.2) is 18.2 Å². The number of nitrogens with zero attached hydrogens (tertiary/aromatic N) is 2. The van der Waals surface area contributed by atoms with Crippen LogP contribution < -0.4 is 5.73 Å². The molecular weight excluding hydrogens is 234 g/mol. The highest BCUT2D eigenvalue weighted by atomic mass is 15.1. The molecule has 19 heavy (non-hydrogen) atoms. The Bertz CT molecular complexity index is 606. The van der Waals surface area contributed by atoms with Gasteiger partial charge < -0.3 is 10.3 Å². The van der Waals surface area contributed by atoms with Crippen LogP contribution in [0.25, 0.3) is 11.0 Å². The van der Waals surface area contributed by atoms with Gasteiger partial charge in [-0.05, 0) is 36.5 Å². The van der Waals surface area contributed by atoms with Gasteiger partial charge in [-0.1, -0.05) is 19.9 Å². The van der Waals surface area contributed by atoms with E-state index in [0.717, 1.165) is 18.5 Å². The van der Waals surface area contributed by atoms with E-state index >= 15 is 0 Å². The average molecular weight is 257 g/mol. The van der Waals surface area contributed by atoms with Crippen LogP contribution in [0, 0.1) is 5.92 Å². The SMILES string of the molecule is CC(C)Cc1nc2cc(C3(CN)CC3)ccc2n1C. The van der Waals surface area contributed by atoms with Gasteiger partial charge in [-0.25, -0.2) is 4.98 Å². The van der Waals surface area contributed by atoms with E-state index in [-0.39, 0.29) is 5.41 Å². The highest BCUT2D eigenvalue weighted by molar-refractivity contribution is 5.77. The van der Waals surface area contributed by atoms with Crippen molar-refractivity contribution < 1.29 is 0 Å². The van der Waals surface area contributed by atoms with Crippen molar-refractivity contribution in [1.82, 2.24) is 9.55 Å². The first-order valence-electron chi connectivity index (χ1n) is 7.22. The molecule has 1 saturated carbocycles. The lowest BCUT2D eigenvalue weighted by molar-refractivity contribution is 0.606. The van der Waals surface area contributed by atoms with Crippen molar-refractivity contribution in [3.8, 4) is 0 Å². The molecule has 1 aromatic carbocycles. The standard InChI is InChI=1S/C16H23N3/c1-11(2)8-15-18-13-9-12(16(10-17)6-7-16)4-5-14(13)19(15)3/h4-5,9,11H,6-8,10,17H2,1-3H3. The van der Waals surface area contributed by atoms with Crippen molar-refractivity contribution in [2.45, 2.75) is 38.5 Å². The molecular formula is C16H23N3. The zero-order chi connectivity index (χ0) is 13.6. The molecule has 0 spiro atoms. The number of nitrogens with two attached hydrogens (primary N) is 1. The summed E-state index contributed by atoms with van der Waals surface area (Å²) in [5.74, 6) is 1.81. The van der Waals surface area contributed by atoms with Gasteiger partial charge in [0.2, 0.25) is 0 Å². The summed E-state index contributed by atoms with van der Waals surface area (Å²) < 4.78 is 2.22. The van der Waals surface area contributed by atoms with E-state index in [1.807, 2.05) is 0 Å². The highest BCUT2D eigenvalue weighted by Gasteiger charge is 2.42. The second-order valence-electron chi connectivity index (χ2n) is 6.37. The lowest BCUT2D eigenvalue weighted by Crippen LogP contribution is -2.19. The van der Waals surface area contributed by atoms with Gasteiger partial charge in [0.25, 0.3) is 0 Å². The van der Waals surface area contributed by atoms with Gasteiger partial charge >= 0.3 is 0 Å². The summed E-state index contributed by atoms with van der Waals surface area (Å²) in [6.45, 7) is 5.22. The Hall–Kier alpha value is -1.35. The normalized spacial score (nSPS) is 17.3. The molecule has 3 nitrogen and oxygen atoms in total. The average Bonchev–Trinajstić information content (AvgIpc) is 3.12. The van der Waals surface area contributed by atoms with Crippen molar-refractivity contribution in [3.63, 3.8) is 0 Å². The van der Waals surface area contributed by atoms with E-state index in [1.165, 1.54) is 29.7 Å². The number of hydrogen-bond acceptors (Lipinski definition) is 2. The minimum absolute atomic E-state index is 0.254. The highest BCUT2D eigenvalue weighted by Crippen LogP contribution is 2.47. The summed E-state index contributed by atoms with van der Waals surface area (Å²) in [5.41, 5.74) is 9.90. The minimum Gasteiger partial charge on any atom is -0.331 e. The van der Waals surface area contributed by atoms with Crippen LogP contribution in [0.5, 0.6) is 0 Å². The topological polar surface area (TPSA) is 43.8 Å². The number of benzene rings is 1. The van der Waals surface area contributed by atoms with Gasteiger partial charge in [0, 0.05) is 25.4 Å². The van der Waals surface area contributed by atoms with E-state index in [2.05, 4.69) is 43.7 Å². The Morgan fingerprint density at radius 2 is 2.11 bits per heavy atom. The Morgan fingerprint density at radius 3 is 2.68 bits per heavy atom. The summed E-state index contributed by atoms with van der Waals surface area (Å²) in [6.07, 6.45) is 3.48. The molecule has 1 heterocycles. The van der Waals surface area contributed by atoms with Crippen LogP contribution in [-0.4, -0.2) is 16.1 Å². The van der Waals surface area contributed by atoms with Crippen molar-refractivity contribution in [2.24, 2.45) is 18.7 Å². The fraction of sp³-hybridized carbons (Fsp3) is 0.562. The maximum atomic E-state index is 5.92. The smallest absolute Gasteiger partial charge is 0.109 e. The van der Waals surface area contributed by atoms with Crippen LogP contribution in [0.1, 0.15) is 38.1 Å². The van der Waals surface area contributed by atoms with Gasteiger partial charge in [0.05, 0.1) is 11.0 Å². The number of hydrogen-bond donors (Lipinski definition) is 1.